The molecule has 1 unspecified atom stereocenters. The van der Waals surface area contributed by atoms with E-state index in [1.165, 1.54) is 22.3 Å². The van der Waals surface area contributed by atoms with Gasteiger partial charge in [-0.2, -0.15) is 0 Å². The Morgan fingerprint density at radius 2 is 1.34 bits per heavy atom. The number of H-pyrrole nitrogens is 1. The normalized spacial score (nSPS) is 12.3. The average molecular weight is 381 g/mol. The number of hydrogen-bond donors (Lipinski definition) is 1. The minimum Gasteiger partial charge on any atom is -0.347 e. The van der Waals surface area contributed by atoms with Crippen LogP contribution in [0.5, 0.6) is 0 Å². The Labute approximate surface area is 173 Å². The Bertz CT molecular complexity index is 1040. The van der Waals surface area contributed by atoms with Crippen LogP contribution in [0.1, 0.15) is 43.6 Å². The van der Waals surface area contributed by atoms with E-state index in [-0.39, 0.29) is 5.92 Å². The molecule has 0 aliphatic rings. The first kappa shape index (κ1) is 19.2. The van der Waals surface area contributed by atoms with Gasteiger partial charge in [-0.05, 0) is 34.6 Å². The molecule has 0 amide bonds. The minimum absolute atomic E-state index is 0.237. The van der Waals surface area contributed by atoms with E-state index >= 15 is 0 Å². The molecule has 1 aromatic heterocycles. The summed E-state index contributed by atoms with van der Waals surface area (Å²) in [5.41, 5.74) is 7.26. The lowest BCUT2D eigenvalue weighted by Crippen LogP contribution is -2.00. The second-order valence-electron chi connectivity index (χ2n) is 8.18. The van der Waals surface area contributed by atoms with Crippen LogP contribution in [0.15, 0.2) is 85.1 Å². The first-order chi connectivity index (χ1) is 14.1. The Balaban J connectivity index is 1.50. The molecule has 0 fully saturated rings. The zero-order valence-corrected chi connectivity index (χ0v) is 17.4. The Kier molecular flexibility index (Phi) is 5.62. The number of imidazole rings is 1. The fraction of sp³-hybridized carbons (Fsp3) is 0.222. The summed E-state index contributed by atoms with van der Waals surface area (Å²) < 4.78 is 0. The molecule has 2 nitrogen and oxygen atoms in total. The highest BCUT2D eigenvalue weighted by Gasteiger charge is 2.13. The van der Waals surface area contributed by atoms with Gasteiger partial charge in [-0.1, -0.05) is 99.6 Å². The molecule has 2 heteroatoms. The number of nitrogens with one attached hydrogen (secondary N) is 1. The number of nitrogens with zero attached hydrogens (tertiary/aromatic N) is 1. The summed E-state index contributed by atoms with van der Waals surface area (Å²) in [6.45, 7) is 6.72. The summed E-state index contributed by atoms with van der Waals surface area (Å²) in [4.78, 5) is 8.26. The molecule has 4 aromatic rings. The van der Waals surface area contributed by atoms with Gasteiger partial charge in [0.1, 0.15) is 5.82 Å². The maximum atomic E-state index is 4.87. The van der Waals surface area contributed by atoms with Gasteiger partial charge in [0, 0.05) is 17.7 Å². The lowest BCUT2D eigenvalue weighted by atomic mass is 9.96. The van der Waals surface area contributed by atoms with Gasteiger partial charge >= 0.3 is 0 Å². The maximum Gasteiger partial charge on any atom is 0.114 e. The van der Waals surface area contributed by atoms with Crippen LogP contribution in [0.25, 0.3) is 22.4 Å². The largest absolute Gasteiger partial charge is 0.347 e. The highest BCUT2D eigenvalue weighted by Crippen LogP contribution is 2.27. The third-order valence-corrected chi connectivity index (χ3v) is 5.42. The first-order valence-corrected chi connectivity index (χ1v) is 10.4. The van der Waals surface area contributed by atoms with Crippen LogP contribution in [-0.4, -0.2) is 9.97 Å². The van der Waals surface area contributed by atoms with Crippen LogP contribution in [0, 0.1) is 5.92 Å². The van der Waals surface area contributed by atoms with Crippen molar-refractivity contribution >= 4 is 0 Å². The number of aromatic amines is 1. The molecule has 0 saturated heterocycles. The van der Waals surface area contributed by atoms with Gasteiger partial charge in [0.15, 0.2) is 0 Å². The van der Waals surface area contributed by atoms with E-state index in [1.807, 2.05) is 12.3 Å². The maximum absolute atomic E-state index is 4.87. The van der Waals surface area contributed by atoms with Gasteiger partial charge in [0.05, 0.1) is 5.69 Å². The van der Waals surface area contributed by atoms with Crippen LogP contribution in [0.4, 0.5) is 0 Å². The van der Waals surface area contributed by atoms with Crippen molar-refractivity contribution in [2.75, 3.05) is 0 Å². The molecular weight excluding hydrogens is 352 g/mol. The average Bonchev–Trinajstić information content (AvgIpc) is 3.24. The van der Waals surface area contributed by atoms with Gasteiger partial charge in [0.25, 0.3) is 0 Å². The molecule has 0 spiro atoms. The highest BCUT2D eigenvalue weighted by atomic mass is 14.9. The standard InChI is InChI=1S/C27H28N2/c1-19(2)17-21-9-11-22(12-10-21)20(3)27-28-18-26(29-27)25-15-13-24(14-16-25)23-7-5-4-6-8-23/h4-16,18-20H,17H2,1-3H3,(H,28,29). The SMILES string of the molecule is CC(C)Cc1ccc(C(C)c2nc(-c3ccc(-c4ccccc4)cc3)c[nH]2)cc1. The number of benzene rings is 3. The van der Waals surface area contributed by atoms with E-state index < -0.39 is 0 Å². The molecule has 0 aliphatic heterocycles. The second-order valence-corrected chi connectivity index (χ2v) is 8.18. The van der Waals surface area contributed by atoms with Crippen LogP contribution in [-0.2, 0) is 6.42 Å². The second kappa shape index (κ2) is 8.48. The van der Waals surface area contributed by atoms with E-state index in [1.54, 1.807) is 0 Å². The lowest BCUT2D eigenvalue weighted by Gasteiger charge is -2.11. The molecule has 0 radical (unpaired) electrons. The van der Waals surface area contributed by atoms with Crippen molar-refractivity contribution in [3.05, 3.63) is 102 Å². The lowest BCUT2D eigenvalue weighted by molar-refractivity contribution is 0.647. The molecule has 146 valence electrons. The van der Waals surface area contributed by atoms with Crippen molar-refractivity contribution in [1.29, 1.82) is 0 Å². The summed E-state index contributed by atoms with van der Waals surface area (Å²) in [6.07, 6.45) is 3.13. The van der Waals surface area contributed by atoms with E-state index in [9.17, 15) is 0 Å². The van der Waals surface area contributed by atoms with E-state index in [0.29, 0.717) is 5.92 Å². The Morgan fingerprint density at radius 3 is 2.00 bits per heavy atom. The minimum atomic E-state index is 0.237. The Morgan fingerprint density at radius 1 is 0.724 bits per heavy atom. The van der Waals surface area contributed by atoms with Crippen LogP contribution in [0.3, 0.4) is 0 Å². The first-order valence-electron chi connectivity index (χ1n) is 10.4. The zero-order valence-electron chi connectivity index (χ0n) is 17.4. The third-order valence-electron chi connectivity index (χ3n) is 5.42. The molecule has 29 heavy (non-hydrogen) atoms. The van der Waals surface area contributed by atoms with Gasteiger partial charge < -0.3 is 4.98 Å². The van der Waals surface area contributed by atoms with Crippen LogP contribution >= 0.6 is 0 Å². The van der Waals surface area contributed by atoms with Gasteiger partial charge in [0.2, 0.25) is 0 Å². The molecule has 4 rings (SSSR count). The Hall–Kier alpha value is -3.13. The molecule has 1 N–H and O–H groups in total. The third kappa shape index (κ3) is 4.48. The van der Waals surface area contributed by atoms with Crippen LogP contribution in [0.2, 0.25) is 0 Å². The topological polar surface area (TPSA) is 28.7 Å². The highest BCUT2D eigenvalue weighted by molar-refractivity contribution is 5.68. The smallest absolute Gasteiger partial charge is 0.114 e. The molecule has 0 bridgehead atoms. The van der Waals surface area contributed by atoms with Crippen molar-refractivity contribution < 1.29 is 0 Å². The number of hydrogen-bond acceptors (Lipinski definition) is 1. The molecule has 0 saturated carbocycles. The number of aromatic nitrogens is 2. The monoisotopic (exact) mass is 380 g/mol. The van der Waals surface area contributed by atoms with Crippen molar-refractivity contribution in [3.63, 3.8) is 0 Å². The van der Waals surface area contributed by atoms with E-state index in [2.05, 4.69) is 98.6 Å². The van der Waals surface area contributed by atoms with Gasteiger partial charge in [-0.15, -0.1) is 0 Å². The van der Waals surface area contributed by atoms with Gasteiger partial charge in [-0.25, -0.2) is 4.98 Å². The molecule has 3 aromatic carbocycles. The van der Waals surface area contributed by atoms with E-state index in [4.69, 9.17) is 4.98 Å². The summed E-state index contributed by atoms with van der Waals surface area (Å²) in [5, 5.41) is 0. The molecule has 1 atom stereocenters. The number of rotatable bonds is 6. The molecular formula is C27H28N2. The van der Waals surface area contributed by atoms with Crippen molar-refractivity contribution in [2.24, 2.45) is 5.92 Å². The molecule has 0 aliphatic carbocycles. The van der Waals surface area contributed by atoms with E-state index in [0.717, 1.165) is 23.5 Å². The van der Waals surface area contributed by atoms with Crippen LogP contribution < -0.4 is 0 Å². The quantitative estimate of drug-likeness (QED) is 0.380. The fourth-order valence-electron chi connectivity index (χ4n) is 3.74. The summed E-state index contributed by atoms with van der Waals surface area (Å²) in [7, 11) is 0. The summed E-state index contributed by atoms with van der Waals surface area (Å²) in [5.74, 6) is 1.92. The van der Waals surface area contributed by atoms with Crippen molar-refractivity contribution in [2.45, 2.75) is 33.1 Å². The summed E-state index contributed by atoms with van der Waals surface area (Å²) in [6, 6.07) is 28.0. The van der Waals surface area contributed by atoms with Crippen molar-refractivity contribution in [1.82, 2.24) is 9.97 Å². The van der Waals surface area contributed by atoms with Gasteiger partial charge in [-0.3, -0.25) is 0 Å². The summed E-state index contributed by atoms with van der Waals surface area (Å²) >= 11 is 0. The predicted octanol–water partition coefficient (Wildman–Crippen LogP) is 7.09. The fourth-order valence-corrected chi connectivity index (χ4v) is 3.74. The predicted molar refractivity (Wildman–Crippen MR) is 122 cm³/mol. The zero-order chi connectivity index (χ0) is 20.2. The molecule has 1 heterocycles. The van der Waals surface area contributed by atoms with Crippen molar-refractivity contribution in [3.8, 4) is 22.4 Å².